The number of halogens is 1. The van der Waals surface area contributed by atoms with Crippen LogP contribution in [0.3, 0.4) is 0 Å². The van der Waals surface area contributed by atoms with Gasteiger partial charge in [-0.15, -0.1) is 35.3 Å². The van der Waals surface area contributed by atoms with Gasteiger partial charge in [0.2, 0.25) is 0 Å². The molecule has 0 aliphatic carbocycles. The molecule has 0 bridgehead atoms. The van der Waals surface area contributed by atoms with E-state index in [2.05, 4.69) is 50.5 Å². The molecule has 9 heteroatoms. The number of nitrogens with one attached hydrogen (secondary N) is 2. The van der Waals surface area contributed by atoms with Crippen molar-refractivity contribution in [1.82, 2.24) is 30.2 Å². The second-order valence-electron chi connectivity index (χ2n) is 6.22. The Morgan fingerprint density at radius 1 is 1.18 bits per heavy atom. The molecule has 0 saturated heterocycles. The van der Waals surface area contributed by atoms with E-state index in [9.17, 15) is 0 Å². The van der Waals surface area contributed by atoms with Crippen molar-refractivity contribution in [2.75, 3.05) is 13.6 Å². The highest BCUT2D eigenvalue weighted by Gasteiger charge is 2.05. The van der Waals surface area contributed by atoms with E-state index in [1.807, 2.05) is 30.0 Å². The third-order valence-electron chi connectivity index (χ3n) is 4.27. The summed E-state index contributed by atoms with van der Waals surface area (Å²) >= 11 is 1.76. The Labute approximate surface area is 186 Å². The van der Waals surface area contributed by atoms with Crippen molar-refractivity contribution >= 4 is 41.3 Å². The van der Waals surface area contributed by atoms with E-state index < -0.39 is 0 Å². The van der Waals surface area contributed by atoms with Crippen LogP contribution in [0.2, 0.25) is 0 Å². The van der Waals surface area contributed by atoms with Crippen molar-refractivity contribution < 1.29 is 0 Å². The number of guanidine groups is 1. The first-order chi connectivity index (χ1) is 13.1. The molecule has 0 aliphatic heterocycles. The van der Waals surface area contributed by atoms with Crippen LogP contribution in [0.4, 0.5) is 0 Å². The van der Waals surface area contributed by atoms with Gasteiger partial charge in [0.05, 0.1) is 10.7 Å². The van der Waals surface area contributed by atoms with Gasteiger partial charge in [-0.05, 0) is 32.4 Å². The van der Waals surface area contributed by atoms with Crippen LogP contribution in [0.1, 0.15) is 27.0 Å². The van der Waals surface area contributed by atoms with Crippen LogP contribution in [0.25, 0.3) is 5.82 Å². The summed E-state index contributed by atoms with van der Waals surface area (Å²) in [6, 6.07) is 4.05. The van der Waals surface area contributed by atoms with Crippen LogP contribution in [0.5, 0.6) is 0 Å². The normalized spacial score (nSPS) is 11.2. The monoisotopic (exact) mass is 511 g/mol. The number of aromatic nitrogens is 4. The predicted octanol–water partition coefficient (Wildman–Crippen LogP) is 3.17. The zero-order valence-corrected chi connectivity index (χ0v) is 19.7. The summed E-state index contributed by atoms with van der Waals surface area (Å²) in [6.45, 7) is 7.57. The smallest absolute Gasteiger partial charge is 0.191 e. The van der Waals surface area contributed by atoms with E-state index in [4.69, 9.17) is 0 Å². The molecule has 3 aromatic rings. The third-order valence-corrected chi connectivity index (χ3v) is 5.40. The highest BCUT2D eigenvalue weighted by Crippen LogP contribution is 2.16. The zero-order valence-electron chi connectivity index (χ0n) is 16.6. The fourth-order valence-electron chi connectivity index (χ4n) is 2.62. The molecule has 0 unspecified atom stereocenters. The van der Waals surface area contributed by atoms with Crippen molar-refractivity contribution in [3.05, 3.63) is 57.7 Å². The SMILES string of the molecule is CN=C(NCCc1nc(C)c(C)s1)NCc1ccc(-n2ccnc2C)nc1.I. The summed E-state index contributed by atoms with van der Waals surface area (Å²) in [5.41, 5.74) is 2.21. The molecule has 28 heavy (non-hydrogen) atoms. The van der Waals surface area contributed by atoms with Gasteiger partial charge in [0.25, 0.3) is 0 Å². The van der Waals surface area contributed by atoms with Crippen molar-refractivity contribution in [3.63, 3.8) is 0 Å². The quantitative estimate of drug-likeness (QED) is 0.302. The van der Waals surface area contributed by atoms with Gasteiger partial charge >= 0.3 is 0 Å². The Morgan fingerprint density at radius 3 is 2.57 bits per heavy atom. The Bertz CT molecular complexity index is 895. The largest absolute Gasteiger partial charge is 0.356 e. The molecule has 0 aromatic carbocycles. The zero-order chi connectivity index (χ0) is 19.2. The lowest BCUT2D eigenvalue weighted by Crippen LogP contribution is -2.37. The van der Waals surface area contributed by atoms with Crippen LogP contribution in [-0.2, 0) is 13.0 Å². The van der Waals surface area contributed by atoms with Gasteiger partial charge in [-0.25, -0.2) is 15.0 Å². The van der Waals surface area contributed by atoms with Crippen molar-refractivity contribution in [2.45, 2.75) is 33.7 Å². The Balaban J connectivity index is 0.00000280. The second kappa shape index (κ2) is 10.5. The maximum absolute atomic E-state index is 4.57. The first-order valence-electron chi connectivity index (χ1n) is 8.89. The highest BCUT2D eigenvalue weighted by atomic mass is 127. The lowest BCUT2D eigenvalue weighted by molar-refractivity contribution is 0.788. The maximum Gasteiger partial charge on any atom is 0.191 e. The number of pyridine rings is 1. The van der Waals surface area contributed by atoms with Gasteiger partial charge in [-0.1, -0.05) is 6.07 Å². The van der Waals surface area contributed by atoms with Crippen LogP contribution < -0.4 is 10.6 Å². The van der Waals surface area contributed by atoms with Gasteiger partial charge in [-0.2, -0.15) is 0 Å². The lowest BCUT2D eigenvalue weighted by Gasteiger charge is -2.11. The van der Waals surface area contributed by atoms with Gasteiger partial charge in [0.1, 0.15) is 11.6 Å². The summed E-state index contributed by atoms with van der Waals surface area (Å²) < 4.78 is 1.96. The number of aryl methyl sites for hydroxylation is 3. The molecule has 0 fully saturated rings. The molecule has 3 heterocycles. The van der Waals surface area contributed by atoms with Crippen LogP contribution >= 0.6 is 35.3 Å². The third kappa shape index (κ3) is 5.74. The Morgan fingerprint density at radius 2 is 2.00 bits per heavy atom. The molecule has 0 aliphatic rings. The molecular weight excluding hydrogens is 485 g/mol. The molecular formula is C19H26IN7S. The molecule has 0 radical (unpaired) electrons. The Hall–Kier alpha value is -2.01. The number of nitrogens with zero attached hydrogens (tertiary/aromatic N) is 5. The molecule has 150 valence electrons. The highest BCUT2D eigenvalue weighted by molar-refractivity contribution is 14.0. The number of imidazole rings is 1. The average molecular weight is 511 g/mol. The number of rotatable bonds is 6. The van der Waals surface area contributed by atoms with Gasteiger partial charge in [0.15, 0.2) is 5.96 Å². The topological polar surface area (TPSA) is 80.0 Å². The molecule has 7 nitrogen and oxygen atoms in total. The van der Waals surface area contributed by atoms with Crippen LogP contribution in [-0.4, -0.2) is 39.1 Å². The summed E-state index contributed by atoms with van der Waals surface area (Å²) in [5.74, 6) is 2.56. The maximum atomic E-state index is 4.57. The number of hydrogen-bond acceptors (Lipinski definition) is 5. The van der Waals surface area contributed by atoms with Gasteiger partial charge < -0.3 is 10.6 Å². The van der Waals surface area contributed by atoms with Gasteiger partial charge in [-0.3, -0.25) is 9.56 Å². The minimum Gasteiger partial charge on any atom is -0.356 e. The Kier molecular flexibility index (Phi) is 8.36. The average Bonchev–Trinajstić information content (AvgIpc) is 3.23. The standard InChI is InChI=1S/C19H25N7S.HI/c1-13-14(2)27-18(25-13)7-8-22-19(20-4)24-12-16-5-6-17(23-11-16)26-10-9-21-15(26)3;/h5-6,9-11H,7-8,12H2,1-4H3,(H2,20,22,24);1H. The van der Waals surface area contributed by atoms with Gasteiger partial charge in [0, 0.05) is 50.0 Å². The first-order valence-corrected chi connectivity index (χ1v) is 9.71. The fraction of sp³-hybridized carbons (Fsp3) is 0.368. The van der Waals surface area contributed by atoms with Crippen molar-refractivity contribution in [1.29, 1.82) is 0 Å². The second-order valence-corrected chi connectivity index (χ2v) is 7.51. The summed E-state index contributed by atoms with van der Waals surface area (Å²) in [5, 5.41) is 7.80. The predicted molar refractivity (Wildman–Crippen MR) is 125 cm³/mol. The minimum atomic E-state index is 0. The lowest BCUT2D eigenvalue weighted by atomic mass is 10.3. The minimum absolute atomic E-state index is 0. The summed E-state index contributed by atoms with van der Waals surface area (Å²) in [4.78, 5) is 18.9. The van der Waals surface area contributed by atoms with Crippen LogP contribution in [0.15, 0.2) is 35.7 Å². The molecule has 3 rings (SSSR count). The summed E-state index contributed by atoms with van der Waals surface area (Å²) in [7, 11) is 1.77. The van der Waals surface area contributed by atoms with E-state index in [1.165, 1.54) is 4.88 Å². The van der Waals surface area contributed by atoms with Crippen molar-refractivity contribution in [2.24, 2.45) is 4.99 Å². The van der Waals surface area contributed by atoms with E-state index >= 15 is 0 Å². The number of thiazole rings is 1. The number of aliphatic imine (C=N–C) groups is 1. The first kappa shape index (κ1) is 22.3. The molecule has 0 saturated carbocycles. The molecule has 0 amide bonds. The van der Waals surface area contributed by atoms with E-state index in [1.54, 1.807) is 24.6 Å². The molecule has 2 N–H and O–H groups in total. The number of hydrogen-bond donors (Lipinski definition) is 2. The summed E-state index contributed by atoms with van der Waals surface area (Å²) in [6.07, 6.45) is 6.44. The molecule has 0 spiro atoms. The van der Waals surface area contributed by atoms with E-state index in [0.29, 0.717) is 6.54 Å². The van der Waals surface area contributed by atoms with Crippen LogP contribution in [0, 0.1) is 20.8 Å². The molecule has 3 aromatic heterocycles. The van der Waals surface area contributed by atoms with E-state index in [0.717, 1.165) is 46.8 Å². The van der Waals surface area contributed by atoms with E-state index in [-0.39, 0.29) is 24.0 Å². The molecule has 0 atom stereocenters. The van der Waals surface area contributed by atoms with Crippen molar-refractivity contribution in [3.8, 4) is 5.82 Å². The fourth-order valence-corrected chi connectivity index (χ4v) is 3.56.